The fourth-order valence-electron chi connectivity index (χ4n) is 1.01. The number of ether oxygens (including phenoxy) is 1. The smallest absolute Gasteiger partial charge is 0.413 e. The van der Waals surface area contributed by atoms with Crippen molar-refractivity contribution in [1.29, 1.82) is 0 Å². The van der Waals surface area contributed by atoms with Gasteiger partial charge in [0, 0.05) is 6.54 Å². The molecule has 0 saturated heterocycles. The average Bonchev–Trinajstić information content (AvgIpc) is 2.21. The molecule has 0 atom stereocenters. The minimum atomic E-state index is -0.496. The quantitative estimate of drug-likeness (QED) is 0.556. The Morgan fingerprint density at radius 2 is 2.06 bits per heavy atom. The van der Waals surface area contributed by atoms with E-state index in [0.717, 1.165) is 19.5 Å². The van der Waals surface area contributed by atoms with Gasteiger partial charge in [-0.3, -0.25) is 5.32 Å². The summed E-state index contributed by atoms with van der Waals surface area (Å²) < 4.78 is 4.93. The summed E-state index contributed by atoms with van der Waals surface area (Å²) in [5.74, 6) is 0.322. The molecular formula is C11H23N3O2S. The Labute approximate surface area is 109 Å². The van der Waals surface area contributed by atoms with Gasteiger partial charge < -0.3 is 15.0 Å². The van der Waals surface area contributed by atoms with E-state index in [1.54, 1.807) is 0 Å². The van der Waals surface area contributed by atoms with E-state index in [1.165, 1.54) is 0 Å². The van der Waals surface area contributed by atoms with Crippen LogP contribution in [0.5, 0.6) is 0 Å². The third kappa shape index (κ3) is 11.4. The van der Waals surface area contributed by atoms with Crippen LogP contribution >= 0.6 is 12.2 Å². The van der Waals surface area contributed by atoms with E-state index in [9.17, 15) is 4.79 Å². The van der Waals surface area contributed by atoms with Crippen LogP contribution in [0.4, 0.5) is 4.79 Å². The number of carbonyl (C=O) groups excluding carboxylic acids is 1. The van der Waals surface area contributed by atoms with Crippen molar-refractivity contribution in [3.8, 4) is 0 Å². The van der Waals surface area contributed by atoms with E-state index in [1.807, 2.05) is 27.9 Å². The molecule has 0 aromatic heterocycles. The van der Waals surface area contributed by atoms with Gasteiger partial charge in [-0.25, -0.2) is 4.79 Å². The molecule has 1 amide bonds. The van der Waals surface area contributed by atoms with Crippen molar-refractivity contribution in [3.63, 3.8) is 0 Å². The molecule has 0 bridgehead atoms. The number of thiocarbonyl (C=S) groups is 1. The van der Waals surface area contributed by atoms with Gasteiger partial charge in [0.05, 0.1) is 6.61 Å². The highest BCUT2D eigenvalue weighted by Gasteiger charge is 2.05. The fourth-order valence-corrected chi connectivity index (χ4v) is 1.20. The van der Waals surface area contributed by atoms with Crippen LogP contribution in [0.15, 0.2) is 0 Å². The molecule has 0 aliphatic rings. The van der Waals surface area contributed by atoms with Crippen LogP contribution in [-0.2, 0) is 4.74 Å². The van der Waals surface area contributed by atoms with Gasteiger partial charge >= 0.3 is 6.09 Å². The van der Waals surface area contributed by atoms with E-state index in [-0.39, 0.29) is 0 Å². The summed E-state index contributed by atoms with van der Waals surface area (Å²) in [5, 5.41) is 5.74. The van der Waals surface area contributed by atoms with Gasteiger partial charge in [-0.1, -0.05) is 13.8 Å². The predicted molar refractivity (Wildman–Crippen MR) is 73.1 cm³/mol. The van der Waals surface area contributed by atoms with Crippen molar-refractivity contribution in [1.82, 2.24) is 15.5 Å². The maximum absolute atomic E-state index is 11.2. The molecule has 0 aliphatic carbocycles. The third-order valence-corrected chi connectivity index (χ3v) is 2.08. The summed E-state index contributed by atoms with van der Waals surface area (Å²) in [6.45, 7) is 6.07. The van der Waals surface area contributed by atoms with Gasteiger partial charge in [-0.2, -0.15) is 0 Å². The maximum atomic E-state index is 11.2. The first-order valence-electron chi connectivity index (χ1n) is 5.78. The first-order valence-corrected chi connectivity index (χ1v) is 6.19. The van der Waals surface area contributed by atoms with Crippen LogP contribution in [0.1, 0.15) is 20.3 Å². The normalized spacial score (nSPS) is 10.5. The van der Waals surface area contributed by atoms with E-state index in [0.29, 0.717) is 17.6 Å². The molecule has 5 nitrogen and oxygen atoms in total. The van der Waals surface area contributed by atoms with E-state index >= 15 is 0 Å². The molecule has 0 aromatic rings. The topological polar surface area (TPSA) is 53.6 Å². The second kappa shape index (κ2) is 9.18. The molecule has 100 valence electrons. The van der Waals surface area contributed by atoms with Gasteiger partial charge in [-0.15, -0.1) is 0 Å². The number of nitrogens with zero attached hydrogens (tertiary/aromatic N) is 1. The van der Waals surface area contributed by atoms with E-state index in [4.69, 9.17) is 17.0 Å². The second-order valence-electron chi connectivity index (χ2n) is 4.53. The SMILES string of the molecule is CC(C)COC(=O)NC(=S)NCCCN(C)C. The lowest BCUT2D eigenvalue weighted by Gasteiger charge is -2.12. The van der Waals surface area contributed by atoms with Crippen molar-refractivity contribution < 1.29 is 9.53 Å². The van der Waals surface area contributed by atoms with Gasteiger partial charge in [0.25, 0.3) is 0 Å². The molecule has 6 heteroatoms. The highest BCUT2D eigenvalue weighted by molar-refractivity contribution is 7.80. The highest BCUT2D eigenvalue weighted by Crippen LogP contribution is 1.92. The number of carbonyl (C=O) groups is 1. The lowest BCUT2D eigenvalue weighted by atomic mass is 10.2. The maximum Gasteiger partial charge on any atom is 0.413 e. The largest absolute Gasteiger partial charge is 0.449 e. The molecule has 0 aliphatic heterocycles. The Hall–Kier alpha value is -0.880. The minimum absolute atomic E-state index is 0.317. The lowest BCUT2D eigenvalue weighted by molar-refractivity contribution is 0.138. The summed E-state index contributed by atoms with van der Waals surface area (Å²) >= 11 is 4.95. The molecule has 2 N–H and O–H groups in total. The summed E-state index contributed by atoms with van der Waals surface area (Å²) in [6.07, 6.45) is 0.472. The lowest BCUT2D eigenvalue weighted by Crippen LogP contribution is -2.40. The second-order valence-corrected chi connectivity index (χ2v) is 4.94. The van der Waals surface area contributed by atoms with Crippen LogP contribution in [0.25, 0.3) is 0 Å². The Morgan fingerprint density at radius 1 is 1.41 bits per heavy atom. The summed E-state index contributed by atoms with van der Waals surface area (Å²) in [6, 6.07) is 0. The van der Waals surface area contributed by atoms with Crippen molar-refractivity contribution in [2.24, 2.45) is 5.92 Å². The number of hydrogen-bond acceptors (Lipinski definition) is 4. The first-order chi connectivity index (χ1) is 7.91. The Morgan fingerprint density at radius 3 is 2.59 bits per heavy atom. The van der Waals surface area contributed by atoms with E-state index < -0.39 is 6.09 Å². The fraction of sp³-hybridized carbons (Fsp3) is 0.818. The van der Waals surface area contributed by atoms with Crippen LogP contribution < -0.4 is 10.6 Å². The zero-order chi connectivity index (χ0) is 13.3. The molecule has 0 rings (SSSR count). The Balaban J connectivity index is 3.54. The summed E-state index contributed by atoms with van der Waals surface area (Å²) in [7, 11) is 4.03. The molecular weight excluding hydrogens is 238 g/mol. The zero-order valence-corrected chi connectivity index (χ0v) is 11.9. The number of amides is 1. The first kappa shape index (κ1) is 16.1. The molecule has 0 radical (unpaired) electrons. The van der Waals surface area contributed by atoms with Crippen molar-refractivity contribution in [2.45, 2.75) is 20.3 Å². The van der Waals surface area contributed by atoms with Gasteiger partial charge in [-0.05, 0) is 45.2 Å². The molecule has 0 fully saturated rings. The highest BCUT2D eigenvalue weighted by atomic mass is 32.1. The molecule has 0 aromatic carbocycles. The minimum Gasteiger partial charge on any atom is -0.449 e. The Bertz CT molecular complexity index is 245. The number of rotatable bonds is 6. The van der Waals surface area contributed by atoms with Crippen LogP contribution in [0.3, 0.4) is 0 Å². The van der Waals surface area contributed by atoms with Crippen LogP contribution in [-0.4, -0.2) is 49.9 Å². The van der Waals surface area contributed by atoms with Crippen molar-refractivity contribution in [3.05, 3.63) is 0 Å². The number of alkyl carbamates (subject to hydrolysis) is 1. The van der Waals surface area contributed by atoms with Gasteiger partial charge in [0.2, 0.25) is 0 Å². The molecule has 0 spiro atoms. The molecule has 0 heterocycles. The zero-order valence-electron chi connectivity index (χ0n) is 11.1. The number of hydrogen-bond donors (Lipinski definition) is 2. The van der Waals surface area contributed by atoms with Crippen molar-refractivity contribution >= 4 is 23.4 Å². The Kier molecular flexibility index (Phi) is 8.71. The summed E-state index contributed by atoms with van der Waals surface area (Å²) in [4.78, 5) is 13.3. The summed E-state index contributed by atoms with van der Waals surface area (Å²) in [5.41, 5.74) is 0. The van der Waals surface area contributed by atoms with Gasteiger partial charge in [0.15, 0.2) is 5.11 Å². The predicted octanol–water partition coefficient (Wildman–Crippen LogP) is 1.19. The standard InChI is InChI=1S/C11H23N3O2S/c1-9(2)8-16-11(15)13-10(17)12-6-5-7-14(3)4/h9H,5-8H2,1-4H3,(H2,12,13,15,17). The third-order valence-electron chi connectivity index (χ3n) is 1.83. The average molecular weight is 261 g/mol. The molecule has 0 saturated carbocycles. The van der Waals surface area contributed by atoms with E-state index in [2.05, 4.69) is 15.5 Å². The number of nitrogens with one attached hydrogen (secondary N) is 2. The van der Waals surface area contributed by atoms with Crippen LogP contribution in [0.2, 0.25) is 0 Å². The van der Waals surface area contributed by atoms with Crippen LogP contribution in [0, 0.1) is 5.92 Å². The molecule has 17 heavy (non-hydrogen) atoms. The molecule has 0 unspecified atom stereocenters. The monoisotopic (exact) mass is 261 g/mol. The van der Waals surface area contributed by atoms with Gasteiger partial charge in [0.1, 0.15) is 0 Å². The van der Waals surface area contributed by atoms with Crippen molar-refractivity contribution in [2.75, 3.05) is 33.8 Å².